The summed E-state index contributed by atoms with van der Waals surface area (Å²) >= 11 is 2.35. The molecule has 1 N–H and O–H groups in total. The van der Waals surface area contributed by atoms with Gasteiger partial charge in [0.05, 0.1) is 39.5 Å². The molecule has 0 bridgehead atoms. The molecule has 2 saturated heterocycles. The summed E-state index contributed by atoms with van der Waals surface area (Å²) in [6, 6.07) is 5.45. The average Bonchev–Trinajstić information content (AvgIpc) is 3.24. The van der Waals surface area contributed by atoms with Crippen LogP contribution in [0, 0.1) is 16.7 Å². The number of rotatable bonds is 2. The Morgan fingerprint density at radius 1 is 1.12 bits per heavy atom. The first kappa shape index (κ1) is 28.3. The second kappa shape index (κ2) is 10.2. The number of hydrogen-bond acceptors (Lipinski definition) is 6. The quantitative estimate of drug-likeness (QED) is 0.294. The van der Waals surface area contributed by atoms with Gasteiger partial charge in [-0.05, 0) is 48.8 Å². The van der Waals surface area contributed by atoms with E-state index in [1.54, 1.807) is 6.07 Å². The van der Waals surface area contributed by atoms with Crippen LogP contribution in [0.25, 0.3) is 0 Å². The van der Waals surface area contributed by atoms with Crippen molar-refractivity contribution in [3.63, 3.8) is 0 Å². The lowest BCUT2D eigenvalue weighted by Gasteiger charge is -2.42. The third-order valence-corrected chi connectivity index (χ3v) is 10.3. The minimum atomic E-state index is -4.64. The van der Waals surface area contributed by atoms with E-state index < -0.39 is 35.1 Å². The fourth-order valence-electron chi connectivity index (χ4n) is 7.08. The van der Waals surface area contributed by atoms with Crippen LogP contribution in [0.1, 0.15) is 102 Å². The van der Waals surface area contributed by atoms with Gasteiger partial charge < -0.3 is 19.3 Å². The molecule has 1 aromatic heterocycles. The van der Waals surface area contributed by atoms with Gasteiger partial charge in [0.15, 0.2) is 0 Å². The molecule has 4 aliphatic rings. The molecule has 1 aliphatic carbocycles. The molecule has 2 aromatic rings. The fraction of sp³-hybridized carbons (Fsp3) is 0.600. The molecule has 1 aromatic carbocycles. The topological polar surface area (TPSA) is 84.6 Å². The van der Waals surface area contributed by atoms with E-state index in [0.29, 0.717) is 51.3 Å². The van der Waals surface area contributed by atoms with Gasteiger partial charge in [-0.15, -0.1) is 0 Å². The molecular weight excluding hydrogens is 636 g/mol. The lowest BCUT2D eigenvalue weighted by atomic mass is 9.69. The standard InChI is InChI=1S/C30H32F3IN2O4/c1-28(2)12-20-23(21(37)13-28)25-24(26(36-20)16-5-8-38-9-6-16)27(40-29(25)7-10-39-15-22(29)34)17-3-4-19(30(31,32)33)18(11-17)14-35/h3-4,11,16,21-22,27,37H,5-10,12-13,15H2,1-2H3. The van der Waals surface area contributed by atoms with Crippen LogP contribution < -0.4 is 0 Å². The van der Waals surface area contributed by atoms with Gasteiger partial charge in [-0.2, -0.15) is 18.4 Å². The highest BCUT2D eigenvalue weighted by atomic mass is 127. The lowest BCUT2D eigenvalue weighted by molar-refractivity contribution is -0.137. The van der Waals surface area contributed by atoms with Gasteiger partial charge in [-0.1, -0.05) is 42.5 Å². The van der Waals surface area contributed by atoms with Crippen molar-refractivity contribution in [2.75, 3.05) is 26.4 Å². The number of nitrogens with zero attached hydrogens (tertiary/aromatic N) is 2. The van der Waals surface area contributed by atoms with E-state index in [9.17, 15) is 23.5 Å². The lowest BCUT2D eigenvalue weighted by Crippen LogP contribution is -2.45. The summed E-state index contributed by atoms with van der Waals surface area (Å²) in [6.07, 6.45) is -2.71. The maximum atomic E-state index is 13.7. The molecular formula is C30H32F3IN2O4. The predicted molar refractivity (Wildman–Crippen MR) is 148 cm³/mol. The Labute approximate surface area is 245 Å². The first-order valence-electron chi connectivity index (χ1n) is 13.8. The number of alkyl halides is 4. The number of benzene rings is 1. The highest BCUT2D eigenvalue weighted by Gasteiger charge is 2.56. The summed E-state index contributed by atoms with van der Waals surface area (Å²) < 4.78 is 59.4. The molecule has 0 radical (unpaired) electrons. The Hall–Kier alpha value is -1.78. The molecule has 214 valence electrons. The maximum absolute atomic E-state index is 13.7. The highest BCUT2D eigenvalue weighted by Crippen LogP contribution is 2.59. The molecule has 3 aliphatic heterocycles. The molecule has 40 heavy (non-hydrogen) atoms. The van der Waals surface area contributed by atoms with Crippen molar-refractivity contribution in [1.29, 1.82) is 5.26 Å². The normalized spacial score (nSPS) is 30.1. The minimum absolute atomic E-state index is 0.0913. The molecule has 2 fully saturated rings. The molecule has 4 atom stereocenters. The molecule has 4 heterocycles. The minimum Gasteiger partial charge on any atom is -0.388 e. The Morgan fingerprint density at radius 3 is 2.55 bits per heavy atom. The SMILES string of the molecule is CC1(C)Cc2nc(C3CCOCC3)c3c(c2C(O)C1)C1(CCOCC1I)OC3c1ccc(C(F)(F)F)c(C#N)c1. The molecule has 6 nitrogen and oxygen atoms in total. The molecule has 0 saturated carbocycles. The number of fused-ring (bicyclic) bond motifs is 4. The third kappa shape index (κ3) is 4.66. The van der Waals surface area contributed by atoms with E-state index >= 15 is 0 Å². The Kier molecular flexibility index (Phi) is 7.22. The van der Waals surface area contributed by atoms with Gasteiger partial charge in [0.2, 0.25) is 0 Å². The number of ether oxygens (including phenoxy) is 3. The van der Waals surface area contributed by atoms with E-state index in [1.165, 1.54) is 12.1 Å². The summed E-state index contributed by atoms with van der Waals surface area (Å²) in [5.74, 6) is 0.0913. The Balaban J connectivity index is 1.63. The maximum Gasteiger partial charge on any atom is 0.417 e. The van der Waals surface area contributed by atoms with E-state index in [0.717, 1.165) is 47.0 Å². The van der Waals surface area contributed by atoms with E-state index in [4.69, 9.17) is 19.2 Å². The smallest absolute Gasteiger partial charge is 0.388 e. The van der Waals surface area contributed by atoms with Crippen LogP contribution in [0.4, 0.5) is 13.2 Å². The van der Waals surface area contributed by atoms with E-state index in [1.807, 2.05) is 0 Å². The van der Waals surface area contributed by atoms with Crippen molar-refractivity contribution >= 4 is 22.6 Å². The number of aliphatic hydroxyl groups is 1. The van der Waals surface area contributed by atoms with Crippen molar-refractivity contribution in [2.45, 2.75) is 79.8 Å². The zero-order valence-electron chi connectivity index (χ0n) is 22.5. The van der Waals surface area contributed by atoms with Crippen LogP contribution in [0.2, 0.25) is 0 Å². The van der Waals surface area contributed by atoms with Gasteiger partial charge >= 0.3 is 6.18 Å². The van der Waals surface area contributed by atoms with Crippen LogP contribution in [-0.2, 0) is 32.4 Å². The average molecular weight is 668 g/mol. The van der Waals surface area contributed by atoms with Crippen LogP contribution >= 0.6 is 22.6 Å². The van der Waals surface area contributed by atoms with Gasteiger partial charge in [0, 0.05) is 54.5 Å². The second-order valence-corrected chi connectivity index (χ2v) is 13.7. The Bertz CT molecular complexity index is 1370. The number of nitriles is 1. The Morgan fingerprint density at radius 2 is 1.88 bits per heavy atom. The number of aromatic nitrogens is 1. The molecule has 4 unspecified atom stereocenters. The van der Waals surface area contributed by atoms with Crippen LogP contribution in [0.5, 0.6) is 0 Å². The van der Waals surface area contributed by atoms with Crippen molar-refractivity contribution in [3.8, 4) is 6.07 Å². The zero-order valence-corrected chi connectivity index (χ0v) is 24.6. The third-order valence-electron chi connectivity index (χ3n) is 8.89. The first-order valence-corrected chi connectivity index (χ1v) is 15.0. The number of pyridine rings is 1. The van der Waals surface area contributed by atoms with Gasteiger partial charge in [0.25, 0.3) is 0 Å². The molecule has 6 rings (SSSR count). The van der Waals surface area contributed by atoms with Crippen molar-refractivity contribution in [3.05, 3.63) is 63.0 Å². The summed E-state index contributed by atoms with van der Waals surface area (Å²) in [7, 11) is 0. The van der Waals surface area contributed by atoms with Crippen LogP contribution in [-0.4, -0.2) is 40.4 Å². The summed E-state index contributed by atoms with van der Waals surface area (Å²) in [6.45, 7) is 6.40. The number of hydrogen-bond donors (Lipinski definition) is 1. The van der Waals surface area contributed by atoms with Crippen molar-refractivity contribution in [1.82, 2.24) is 4.98 Å². The summed E-state index contributed by atoms with van der Waals surface area (Å²) in [5, 5.41) is 21.3. The number of halogens is 4. The largest absolute Gasteiger partial charge is 0.417 e. The van der Waals surface area contributed by atoms with E-state index in [-0.39, 0.29) is 15.3 Å². The van der Waals surface area contributed by atoms with Crippen molar-refractivity contribution in [2.24, 2.45) is 5.41 Å². The van der Waals surface area contributed by atoms with Gasteiger partial charge in [-0.25, -0.2) is 0 Å². The second-order valence-electron chi connectivity index (χ2n) is 12.2. The number of aliphatic hydroxyl groups excluding tert-OH is 1. The predicted octanol–water partition coefficient (Wildman–Crippen LogP) is 6.41. The fourth-order valence-corrected chi connectivity index (χ4v) is 8.10. The van der Waals surface area contributed by atoms with Gasteiger partial charge in [-0.3, -0.25) is 4.98 Å². The van der Waals surface area contributed by atoms with Gasteiger partial charge in [0.1, 0.15) is 11.7 Å². The monoisotopic (exact) mass is 668 g/mol. The van der Waals surface area contributed by atoms with Crippen LogP contribution in [0.3, 0.4) is 0 Å². The van der Waals surface area contributed by atoms with E-state index in [2.05, 4.69) is 36.4 Å². The van der Waals surface area contributed by atoms with Crippen LogP contribution in [0.15, 0.2) is 18.2 Å². The summed E-state index contributed by atoms with van der Waals surface area (Å²) in [4.78, 5) is 5.26. The first-order chi connectivity index (χ1) is 18.9. The molecule has 1 spiro atoms. The highest BCUT2D eigenvalue weighted by molar-refractivity contribution is 14.1. The molecule has 0 amide bonds. The zero-order chi connectivity index (χ0) is 28.4. The summed E-state index contributed by atoms with van der Waals surface area (Å²) in [5.41, 5.74) is 2.51. The molecule has 10 heteroatoms. The van der Waals surface area contributed by atoms with Crippen molar-refractivity contribution < 1.29 is 32.5 Å².